The Kier molecular flexibility index (Phi) is 5.07. The van der Waals surface area contributed by atoms with Gasteiger partial charge in [-0.1, -0.05) is 12.2 Å². The molecule has 0 radical (unpaired) electrons. The summed E-state index contributed by atoms with van der Waals surface area (Å²) in [7, 11) is 0. The van der Waals surface area contributed by atoms with Crippen LogP contribution in [0, 0.1) is 23.7 Å². The molecule has 7 nitrogen and oxygen atoms in total. The molecule has 0 aromatic heterocycles. The average molecular weight is 384 g/mol. The van der Waals surface area contributed by atoms with Gasteiger partial charge in [0.05, 0.1) is 17.9 Å². The van der Waals surface area contributed by atoms with E-state index >= 15 is 0 Å². The molecule has 2 bridgehead atoms. The fourth-order valence-corrected chi connectivity index (χ4v) is 4.67. The third kappa shape index (κ3) is 3.61. The van der Waals surface area contributed by atoms with Crippen molar-refractivity contribution in [3.63, 3.8) is 0 Å². The molecule has 1 aromatic carbocycles. The highest BCUT2D eigenvalue weighted by Gasteiger charge is 2.51. The summed E-state index contributed by atoms with van der Waals surface area (Å²) >= 11 is 0. The van der Waals surface area contributed by atoms with Gasteiger partial charge < -0.3 is 9.84 Å². The van der Waals surface area contributed by atoms with Crippen molar-refractivity contribution in [1.29, 1.82) is 0 Å². The van der Waals surface area contributed by atoms with Crippen molar-refractivity contribution in [3.8, 4) is 5.75 Å². The number of amides is 2. The number of ether oxygens (including phenoxy) is 1. The molecule has 4 rings (SSSR count). The highest BCUT2D eigenvalue weighted by atomic mass is 16.5. The second-order valence-corrected chi connectivity index (χ2v) is 7.83. The van der Waals surface area contributed by atoms with Crippen LogP contribution in [-0.4, -0.2) is 29.0 Å². The van der Waals surface area contributed by atoms with Gasteiger partial charge in [0.1, 0.15) is 5.75 Å². The van der Waals surface area contributed by atoms with E-state index < -0.39 is 29.6 Å². The molecule has 2 amide bonds. The molecular weight excluding hydrogens is 360 g/mol. The molecular formula is C21H24N2O5. The first-order valence-electron chi connectivity index (χ1n) is 9.81. The summed E-state index contributed by atoms with van der Waals surface area (Å²) in [6.45, 7) is 0. The maximum atomic E-state index is 12.5. The van der Waals surface area contributed by atoms with Crippen LogP contribution < -0.4 is 15.6 Å². The third-order valence-corrected chi connectivity index (χ3v) is 6.07. The first-order chi connectivity index (χ1) is 13.5. The summed E-state index contributed by atoms with van der Waals surface area (Å²) in [6, 6.07) is 6.78. The lowest BCUT2D eigenvalue weighted by Gasteiger charge is -2.23. The van der Waals surface area contributed by atoms with Crippen LogP contribution in [0.4, 0.5) is 0 Å². The molecule has 3 aliphatic carbocycles. The van der Waals surface area contributed by atoms with E-state index in [9.17, 15) is 19.5 Å². The van der Waals surface area contributed by atoms with E-state index in [-0.39, 0.29) is 17.9 Å². The number of hydrazine groups is 1. The first-order valence-corrected chi connectivity index (χ1v) is 9.81. The molecule has 0 unspecified atom stereocenters. The van der Waals surface area contributed by atoms with Gasteiger partial charge in [-0.25, -0.2) is 0 Å². The molecule has 148 valence electrons. The zero-order valence-corrected chi connectivity index (χ0v) is 15.5. The predicted molar refractivity (Wildman–Crippen MR) is 100 cm³/mol. The predicted octanol–water partition coefficient (Wildman–Crippen LogP) is 2.29. The van der Waals surface area contributed by atoms with Crippen LogP contribution in [0.25, 0.3) is 0 Å². The van der Waals surface area contributed by atoms with Gasteiger partial charge >= 0.3 is 5.97 Å². The monoisotopic (exact) mass is 384 g/mol. The minimum atomic E-state index is -0.971. The Labute approximate surface area is 163 Å². The van der Waals surface area contributed by atoms with E-state index in [1.54, 1.807) is 24.3 Å². The molecule has 2 saturated carbocycles. The number of benzene rings is 1. The number of carbonyl (C=O) groups is 3. The van der Waals surface area contributed by atoms with Gasteiger partial charge in [0.15, 0.2) is 0 Å². The number of carboxylic acids is 1. The smallest absolute Gasteiger partial charge is 0.307 e. The van der Waals surface area contributed by atoms with Crippen molar-refractivity contribution in [3.05, 3.63) is 42.0 Å². The lowest BCUT2D eigenvalue weighted by Crippen LogP contribution is -2.48. The molecule has 28 heavy (non-hydrogen) atoms. The van der Waals surface area contributed by atoms with Crippen LogP contribution in [0.3, 0.4) is 0 Å². The van der Waals surface area contributed by atoms with E-state index in [0.29, 0.717) is 12.0 Å². The van der Waals surface area contributed by atoms with Crippen molar-refractivity contribution >= 4 is 17.8 Å². The standard InChI is InChI=1S/C21H24N2O5/c24-19(12-7-9-16(10-8-12)28-15-3-1-2-4-15)22-23-20(25)17-13-5-6-14(11-13)18(17)21(26)27/h5-10,13-15,17-18H,1-4,11H2,(H,22,24)(H,23,25)(H,26,27)/t13-,14+,17-,18+/m0/s1. The largest absolute Gasteiger partial charge is 0.490 e. The Morgan fingerprint density at radius 3 is 2.21 bits per heavy atom. The summed E-state index contributed by atoms with van der Waals surface area (Å²) in [6.07, 6.45) is 9.19. The number of hydrogen-bond acceptors (Lipinski definition) is 4. The Balaban J connectivity index is 1.32. The van der Waals surface area contributed by atoms with Crippen LogP contribution in [0.2, 0.25) is 0 Å². The number of carboxylic acid groups (broad SMARTS) is 1. The molecule has 3 aliphatic rings. The van der Waals surface area contributed by atoms with Crippen LogP contribution in [-0.2, 0) is 9.59 Å². The second kappa shape index (κ2) is 7.66. The first kappa shape index (κ1) is 18.5. The average Bonchev–Trinajstić information content (AvgIpc) is 3.43. The molecule has 2 fully saturated rings. The Morgan fingerprint density at radius 2 is 1.57 bits per heavy atom. The van der Waals surface area contributed by atoms with Crippen molar-refractivity contribution in [1.82, 2.24) is 10.9 Å². The van der Waals surface area contributed by atoms with Crippen LogP contribution in [0.5, 0.6) is 5.75 Å². The Morgan fingerprint density at radius 1 is 0.929 bits per heavy atom. The summed E-state index contributed by atoms with van der Waals surface area (Å²) < 4.78 is 5.87. The maximum Gasteiger partial charge on any atom is 0.307 e. The summed E-state index contributed by atoms with van der Waals surface area (Å²) in [5.41, 5.74) is 5.18. The zero-order valence-electron chi connectivity index (χ0n) is 15.5. The maximum absolute atomic E-state index is 12.5. The minimum absolute atomic E-state index is 0.0879. The number of allylic oxidation sites excluding steroid dienone is 2. The van der Waals surface area contributed by atoms with Gasteiger partial charge in [0, 0.05) is 5.56 Å². The number of carbonyl (C=O) groups excluding carboxylic acids is 2. The molecule has 7 heteroatoms. The molecule has 0 heterocycles. The van der Waals surface area contributed by atoms with E-state index in [4.69, 9.17) is 4.74 Å². The summed E-state index contributed by atoms with van der Waals surface area (Å²) in [5, 5.41) is 9.42. The van der Waals surface area contributed by atoms with Crippen molar-refractivity contribution < 1.29 is 24.2 Å². The lowest BCUT2D eigenvalue weighted by atomic mass is 9.82. The van der Waals surface area contributed by atoms with Crippen LogP contribution >= 0.6 is 0 Å². The van der Waals surface area contributed by atoms with E-state index in [2.05, 4.69) is 10.9 Å². The quantitative estimate of drug-likeness (QED) is 0.534. The van der Waals surface area contributed by atoms with Gasteiger partial charge in [0.25, 0.3) is 5.91 Å². The number of aliphatic carboxylic acids is 1. The van der Waals surface area contributed by atoms with Crippen LogP contribution in [0.1, 0.15) is 42.5 Å². The van der Waals surface area contributed by atoms with E-state index in [1.807, 2.05) is 12.2 Å². The lowest BCUT2D eigenvalue weighted by molar-refractivity contribution is -0.148. The van der Waals surface area contributed by atoms with Crippen molar-refractivity contribution in [2.24, 2.45) is 23.7 Å². The fourth-order valence-electron chi connectivity index (χ4n) is 4.67. The highest BCUT2D eigenvalue weighted by Crippen LogP contribution is 2.48. The molecule has 1 aromatic rings. The molecule has 0 spiro atoms. The van der Waals surface area contributed by atoms with Gasteiger partial charge in [0.2, 0.25) is 5.91 Å². The number of hydrogen-bond donors (Lipinski definition) is 3. The molecule has 4 atom stereocenters. The zero-order chi connectivity index (χ0) is 19.7. The van der Waals surface area contributed by atoms with Gasteiger partial charge in [-0.2, -0.15) is 0 Å². The fraction of sp³-hybridized carbons (Fsp3) is 0.476. The van der Waals surface area contributed by atoms with Crippen molar-refractivity contribution in [2.75, 3.05) is 0 Å². The SMILES string of the molecule is O=C(NNC(=O)[C@@H]1[C@H](C(=O)O)[C@@H]2C=C[C@H]1C2)c1ccc(OC2CCCC2)cc1. The summed E-state index contributed by atoms with van der Waals surface area (Å²) in [5.74, 6) is -2.75. The molecule has 0 aliphatic heterocycles. The molecule has 3 N–H and O–H groups in total. The van der Waals surface area contributed by atoms with Gasteiger partial charge in [-0.05, 0) is 68.2 Å². The minimum Gasteiger partial charge on any atom is -0.490 e. The van der Waals surface area contributed by atoms with Crippen LogP contribution in [0.15, 0.2) is 36.4 Å². The highest BCUT2D eigenvalue weighted by molar-refractivity contribution is 5.96. The van der Waals surface area contributed by atoms with E-state index in [0.717, 1.165) is 18.6 Å². The third-order valence-electron chi connectivity index (χ3n) is 6.07. The Hall–Kier alpha value is -2.83. The van der Waals surface area contributed by atoms with Gasteiger partial charge in [-0.15, -0.1) is 0 Å². The number of rotatable bonds is 5. The summed E-state index contributed by atoms with van der Waals surface area (Å²) in [4.78, 5) is 36.3. The van der Waals surface area contributed by atoms with Crippen molar-refractivity contribution in [2.45, 2.75) is 38.2 Å². The van der Waals surface area contributed by atoms with Gasteiger partial charge in [-0.3, -0.25) is 25.2 Å². The second-order valence-electron chi connectivity index (χ2n) is 7.83. The normalized spacial score (nSPS) is 28.3. The molecule has 0 saturated heterocycles. The Bertz CT molecular complexity index is 798. The number of nitrogens with one attached hydrogen (secondary N) is 2. The van der Waals surface area contributed by atoms with E-state index in [1.165, 1.54) is 12.8 Å². The number of fused-ring (bicyclic) bond motifs is 2. The topological polar surface area (TPSA) is 105 Å².